The first-order valence-corrected chi connectivity index (χ1v) is 8.02. The molecule has 0 aromatic heterocycles. The van der Waals surface area contributed by atoms with E-state index in [0.717, 1.165) is 16.9 Å². The molecule has 0 atom stereocenters. The highest BCUT2D eigenvalue weighted by Crippen LogP contribution is 2.16. The minimum atomic E-state index is -0.345. The molecule has 1 aliphatic carbocycles. The second kappa shape index (κ2) is 9.78. The Morgan fingerprint density at radius 1 is 1.42 bits per heavy atom. The number of amides is 1. The van der Waals surface area contributed by atoms with Crippen molar-refractivity contribution in [1.82, 2.24) is 9.80 Å². The number of aliphatic hydroxyl groups is 1. The number of nitrogens with zero attached hydrogens (tertiary/aromatic N) is 2. The Hall–Kier alpha value is -2.27. The van der Waals surface area contributed by atoms with Crippen LogP contribution in [0.15, 0.2) is 58.6 Å². The van der Waals surface area contributed by atoms with Crippen LogP contribution >= 0.6 is 11.6 Å². The van der Waals surface area contributed by atoms with E-state index in [2.05, 4.69) is 0 Å². The lowest BCUT2D eigenvalue weighted by Gasteiger charge is -2.25. The Labute approximate surface area is 147 Å². The molecule has 1 amide bonds. The van der Waals surface area contributed by atoms with Gasteiger partial charge in [0.1, 0.15) is 18.2 Å². The van der Waals surface area contributed by atoms with Crippen molar-refractivity contribution in [2.45, 2.75) is 20.3 Å². The van der Waals surface area contributed by atoms with Gasteiger partial charge in [0, 0.05) is 43.4 Å². The van der Waals surface area contributed by atoms with Gasteiger partial charge in [0.25, 0.3) is 5.91 Å². The van der Waals surface area contributed by atoms with Gasteiger partial charge in [-0.3, -0.25) is 9.59 Å². The van der Waals surface area contributed by atoms with Crippen molar-refractivity contribution in [2.75, 3.05) is 20.1 Å². The summed E-state index contributed by atoms with van der Waals surface area (Å²) in [5.41, 5.74) is 1.50. The van der Waals surface area contributed by atoms with Gasteiger partial charge in [-0.1, -0.05) is 29.8 Å². The van der Waals surface area contributed by atoms with Gasteiger partial charge in [0.05, 0.1) is 0 Å². The monoisotopic (exact) mass is 350 g/mol. The SMILES string of the molecule is CCN(/C=C(\C)C=O)/C(=C/O)C(=O)N(C)CC1=CC=C(Cl)CC=C1. The van der Waals surface area contributed by atoms with E-state index in [0.29, 0.717) is 31.4 Å². The van der Waals surface area contributed by atoms with E-state index in [1.165, 1.54) is 16.0 Å². The molecule has 0 heterocycles. The topological polar surface area (TPSA) is 60.9 Å². The highest BCUT2D eigenvalue weighted by molar-refractivity contribution is 6.29. The fourth-order valence-corrected chi connectivity index (χ4v) is 2.30. The number of halogens is 1. The van der Waals surface area contributed by atoms with Gasteiger partial charge in [-0.2, -0.15) is 0 Å². The number of likely N-dealkylation sites (N-methyl/N-ethyl adjacent to an activating group) is 2. The first-order valence-electron chi connectivity index (χ1n) is 7.64. The van der Waals surface area contributed by atoms with Crippen LogP contribution in [0.4, 0.5) is 0 Å². The molecule has 1 aliphatic rings. The minimum absolute atomic E-state index is 0.105. The zero-order valence-corrected chi connectivity index (χ0v) is 15.0. The summed E-state index contributed by atoms with van der Waals surface area (Å²) in [6, 6.07) is 0. The Kier molecular flexibility index (Phi) is 8.06. The Morgan fingerprint density at radius 2 is 2.12 bits per heavy atom. The summed E-state index contributed by atoms with van der Waals surface area (Å²) >= 11 is 5.98. The number of hydrogen-bond acceptors (Lipinski definition) is 4. The third kappa shape index (κ3) is 5.74. The molecule has 1 N–H and O–H groups in total. The van der Waals surface area contributed by atoms with Crippen LogP contribution in [0, 0.1) is 0 Å². The van der Waals surface area contributed by atoms with Gasteiger partial charge in [0.2, 0.25) is 0 Å². The van der Waals surface area contributed by atoms with Gasteiger partial charge in [0.15, 0.2) is 0 Å². The van der Waals surface area contributed by atoms with E-state index in [4.69, 9.17) is 11.6 Å². The maximum Gasteiger partial charge on any atom is 0.273 e. The fourth-order valence-electron chi connectivity index (χ4n) is 2.15. The molecule has 0 saturated carbocycles. The van der Waals surface area contributed by atoms with Gasteiger partial charge >= 0.3 is 0 Å². The quantitative estimate of drug-likeness (QED) is 0.435. The maximum absolute atomic E-state index is 12.6. The summed E-state index contributed by atoms with van der Waals surface area (Å²) in [6.45, 7) is 4.28. The lowest BCUT2D eigenvalue weighted by atomic mass is 10.2. The third-order valence-corrected chi connectivity index (χ3v) is 3.71. The molecule has 0 aromatic carbocycles. The molecule has 0 saturated heterocycles. The van der Waals surface area contributed by atoms with Crippen molar-refractivity contribution < 1.29 is 14.7 Å². The van der Waals surface area contributed by atoms with Crippen LogP contribution in [-0.2, 0) is 9.59 Å². The second-order valence-corrected chi connectivity index (χ2v) is 5.90. The first-order chi connectivity index (χ1) is 11.4. The van der Waals surface area contributed by atoms with E-state index < -0.39 is 0 Å². The van der Waals surface area contributed by atoms with Gasteiger partial charge in [-0.05, 0) is 25.5 Å². The average Bonchev–Trinajstić information content (AvgIpc) is 2.78. The number of carbonyl (C=O) groups is 2. The molecule has 0 bridgehead atoms. The second-order valence-electron chi connectivity index (χ2n) is 5.41. The fraction of sp³-hybridized carbons (Fsp3) is 0.333. The molecule has 0 spiro atoms. The predicted octanol–water partition coefficient (Wildman–Crippen LogP) is 3.28. The van der Waals surface area contributed by atoms with E-state index in [9.17, 15) is 14.7 Å². The van der Waals surface area contributed by atoms with E-state index in [1.54, 1.807) is 14.0 Å². The lowest BCUT2D eigenvalue weighted by molar-refractivity contribution is -0.127. The van der Waals surface area contributed by atoms with Crippen molar-refractivity contribution in [3.63, 3.8) is 0 Å². The molecular weight excluding hydrogens is 328 g/mol. The number of allylic oxidation sites excluding steroid dienone is 5. The third-order valence-electron chi connectivity index (χ3n) is 3.43. The zero-order valence-electron chi connectivity index (χ0n) is 14.2. The van der Waals surface area contributed by atoms with Gasteiger partial charge in [-0.15, -0.1) is 0 Å². The molecule has 0 aliphatic heterocycles. The smallest absolute Gasteiger partial charge is 0.273 e. The molecule has 0 unspecified atom stereocenters. The Balaban J connectivity index is 2.91. The summed E-state index contributed by atoms with van der Waals surface area (Å²) in [5, 5.41) is 10.2. The summed E-state index contributed by atoms with van der Waals surface area (Å²) < 4.78 is 0. The molecule has 24 heavy (non-hydrogen) atoms. The van der Waals surface area contributed by atoms with Crippen LogP contribution in [0.5, 0.6) is 0 Å². The molecular formula is C18H23ClN2O3. The predicted molar refractivity (Wildman–Crippen MR) is 96.3 cm³/mol. The van der Waals surface area contributed by atoms with Crippen molar-refractivity contribution >= 4 is 23.8 Å². The van der Waals surface area contributed by atoms with Crippen LogP contribution in [0.25, 0.3) is 0 Å². The molecule has 130 valence electrons. The van der Waals surface area contributed by atoms with Gasteiger partial charge < -0.3 is 14.9 Å². The average molecular weight is 351 g/mol. The standard InChI is InChI=1S/C18H23ClN2O3/c1-4-21(10-14(2)12-22)17(13-23)18(24)20(3)11-15-6-5-7-16(19)9-8-15/h5-6,8-10,12-13,23H,4,7,11H2,1-3H3/b14-10+,17-13+. The highest BCUT2D eigenvalue weighted by atomic mass is 35.5. The van der Waals surface area contributed by atoms with Crippen molar-refractivity contribution in [1.29, 1.82) is 0 Å². The lowest BCUT2D eigenvalue weighted by Crippen LogP contribution is -2.35. The molecule has 0 radical (unpaired) electrons. The van der Waals surface area contributed by atoms with Crippen molar-refractivity contribution in [3.05, 3.63) is 58.6 Å². The Morgan fingerprint density at radius 3 is 2.71 bits per heavy atom. The van der Waals surface area contributed by atoms with Crippen LogP contribution in [0.2, 0.25) is 0 Å². The molecule has 1 rings (SSSR count). The largest absolute Gasteiger partial charge is 0.513 e. The van der Waals surface area contributed by atoms with E-state index in [1.807, 2.05) is 31.2 Å². The van der Waals surface area contributed by atoms with Crippen LogP contribution in [0.3, 0.4) is 0 Å². The van der Waals surface area contributed by atoms with Crippen LogP contribution < -0.4 is 0 Å². The summed E-state index contributed by atoms with van der Waals surface area (Å²) in [5.74, 6) is -0.345. The zero-order chi connectivity index (χ0) is 18.1. The minimum Gasteiger partial charge on any atom is -0.513 e. The number of aldehydes is 1. The maximum atomic E-state index is 12.6. The number of carbonyl (C=O) groups excluding carboxylic acids is 2. The van der Waals surface area contributed by atoms with Crippen molar-refractivity contribution in [3.8, 4) is 0 Å². The normalized spacial score (nSPS) is 15.3. The van der Waals surface area contributed by atoms with E-state index >= 15 is 0 Å². The first kappa shape index (κ1) is 19.8. The number of aliphatic hydroxyl groups excluding tert-OH is 1. The highest BCUT2D eigenvalue weighted by Gasteiger charge is 2.20. The molecule has 0 aromatic rings. The Bertz CT molecular complexity index is 630. The molecule has 6 heteroatoms. The van der Waals surface area contributed by atoms with E-state index in [-0.39, 0.29) is 11.6 Å². The van der Waals surface area contributed by atoms with Gasteiger partial charge in [-0.25, -0.2) is 0 Å². The van der Waals surface area contributed by atoms with Crippen LogP contribution in [0.1, 0.15) is 20.3 Å². The summed E-state index contributed by atoms with van der Waals surface area (Å²) in [7, 11) is 1.65. The number of rotatable bonds is 7. The number of hydrogen-bond donors (Lipinski definition) is 1. The molecule has 5 nitrogen and oxygen atoms in total. The van der Waals surface area contributed by atoms with Crippen LogP contribution in [-0.4, -0.2) is 47.2 Å². The van der Waals surface area contributed by atoms with Crippen molar-refractivity contribution in [2.24, 2.45) is 0 Å². The summed E-state index contributed by atoms with van der Waals surface area (Å²) in [6.07, 6.45) is 11.2. The summed E-state index contributed by atoms with van der Waals surface area (Å²) in [4.78, 5) is 26.4. The molecule has 0 fully saturated rings.